The maximum Gasteiger partial charge on any atom is 0.141 e. The van der Waals surface area contributed by atoms with Crippen molar-refractivity contribution in [3.63, 3.8) is 0 Å². The first-order valence-corrected chi connectivity index (χ1v) is 8.32. The zero-order valence-electron chi connectivity index (χ0n) is 13.6. The molecular weight excluding hydrogens is 262 g/mol. The van der Waals surface area contributed by atoms with Crippen LogP contribution < -0.4 is 10.1 Å². The van der Waals surface area contributed by atoms with Crippen molar-refractivity contribution in [1.29, 1.82) is 0 Å². The molecule has 0 aliphatic rings. The quantitative estimate of drug-likeness (QED) is 0.553. The molecule has 0 aliphatic heterocycles. The third-order valence-electron chi connectivity index (χ3n) is 3.84. The minimum Gasteiger partial charge on any atom is -0.495 e. The Labute approximate surface area is 129 Å². The fourth-order valence-electron chi connectivity index (χ4n) is 2.54. The number of para-hydroxylation sites is 2. The van der Waals surface area contributed by atoms with Gasteiger partial charge in [-0.15, -0.1) is 0 Å². The lowest BCUT2D eigenvalue weighted by Gasteiger charge is -2.19. The van der Waals surface area contributed by atoms with Gasteiger partial charge in [-0.25, -0.2) is 0 Å². The van der Waals surface area contributed by atoms with Crippen LogP contribution in [0.25, 0.3) is 0 Å². The van der Waals surface area contributed by atoms with Crippen LogP contribution >= 0.6 is 0 Å². The number of anilines is 1. The molecule has 1 unspecified atom stereocenters. The fourth-order valence-corrected chi connectivity index (χ4v) is 2.54. The molecule has 1 aromatic rings. The Morgan fingerprint density at radius 1 is 1.05 bits per heavy atom. The lowest BCUT2D eigenvalue weighted by Crippen LogP contribution is -2.23. The van der Waals surface area contributed by atoms with Crippen molar-refractivity contribution in [2.75, 3.05) is 19.0 Å². The van der Waals surface area contributed by atoms with Gasteiger partial charge in [-0.1, -0.05) is 64.0 Å². The Bertz CT molecular complexity index is 368. The third kappa shape index (κ3) is 7.37. The van der Waals surface area contributed by atoms with Crippen molar-refractivity contribution < 1.29 is 9.84 Å². The molecule has 1 rings (SSSR count). The number of aliphatic hydroxyl groups excluding tert-OH is 1. The van der Waals surface area contributed by atoms with E-state index in [1.165, 1.54) is 44.9 Å². The molecule has 2 N–H and O–H groups in total. The summed E-state index contributed by atoms with van der Waals surface area (Å²) in [5, 5.41) is 12.9. The van der Waals surface area contributed by atoms with Gasteiger partial charge in [0.25, 0.3) is 0 Å². The van der Waals surface area contributed by atoms with Gasteiger partial charge in [-0.3, -0.25) is 0 Å². The predicted octanol–water partition coefficient (Wildman–Crippen LogP) is 4.61. The molecule has 3 heteroatoms. The molecule has 1 atom stereocenters. The number of rotatable bonds is 12. The van der Waals surface area contributed by atoms with Gasteiger partial charge in [0.1, 0.15) is 5.75 Å². The van der Waals surface area contributed by atoms with Crippen LogP contribution in [0.4, 0.5) is 5.69 Å². The summed E-state index contributed by atoms with van der Waals surface area (Å²) in [6.07, 6.45) is 10.1. The minimum absolute atomic E-state index is 0.108. The average Bonchev–Trinajstić information content (AvgIpc) is 2.53. The third-order valence-corrected chi connectivity index (χ3v) is 3.84. The van der Waals surface area contributed by atoms with E-state index in [1.807, 2.05) is 24.3 Å². The fraction of sp³-hybridized carbons (Fsp3) is 0.667. The van der Waals surface area contributed by atoms with Gasteiger partial charge < -0.3 is 15.2 Å². The van der Waals surface area contributed by atoms with E-state index in [2.05, 4.69) is 12.2 Å². The summed E-state index contributed by atoms with van der Waals surface area (Å²) in [6, 6.07) is 7.97. The van der Waals surface area contributed by atoms with Crippen molar-refractivity contribution in [3.8, 4) is 5.75 Å². The van der Waals surface area contributed by atoms with E-state index in [1.54, 1.807) is 7.11 Å². The summed E-state index contributed by atoms with van der Waals surface area (Å²) >= 11 is 0. The van der Waals surface area contributed by atoms with E-state index in [4.69, 9.17) is 4.74 Å². The van der Waals surface area contributed by atoms with E-state index in [0.717, 1.165) is 17.9 Å². The molecular formula is C18H31NO2. The number of benzene rings is 1. The highest BCUT2D eigenvalue weighted by atomic mass is 16.5. The van der Waals surface area contributed by atoms with Crippen LogP contribution in [0.1, 0.15) is 58.3 Å². The molecule has 3 nitrogen and oxygen atoms in total. The molecule has 0 aromatic heterocycles. The summed E-state index contributed by atoms with van der Waals surface area (Å²) in [5.41, 5.74) is 0.960. The van der Waals surface area contributed by atoms with Crippen molar-refractivity contribution in [2.24, 2.45) is 0 Å². The first-order valence-electron chi connectivity index (χ1n) is 8.32. The standard InChI is InChI=1S/C18H31NO2/c1-3-4-5-6-7-8-9-12-16(15-20)19-17-13-10-11-14-18(17)21-2/h10-11,13-14,16,19-20H,3-9,12,15H2,1-2H3. The van der Waals surface area contributed by atoms with Gasteiger partial charge in [0.15, 0.2) is 0 Å². The monoisotopic (exact) mass is 293 g/mol. The Morgan fingerprint density at radius 2 is 1.71 bits per heavy atom. The van der Waals surface area contributed by atoms with Gasteiger partial charge in [0.05, 0.1) is 19.4 Å². The summed E-state index contributed by atoms with van der Waals surface area (Å²) in [6.45, 7) is 2.41. The molecule has 0 fully saturated rings. The zero-order chi connectivity index (χ0) is 15.3. The van der Waals surface area contributed by atoms with E-state index in [9.17, 15) is 5.11 Å². The molecule has 0 aliphatic carbocycles. The first kappa shape index (κ1) is 17.8. The first-order chi connectivity index (χ1) is 10.3. The maximum absolute atomic E-state index is 9.52. The van der Waals surface area contributed by atoms with Crippen LogP contribution in [0.3, 0.4) is 0 Å². The molecule has 21 heavy (non-hydrogen) atoms. The van der Waals surface area contributed by atoms with Gasteiger partial charge >= 0.3 is 0 Å². The number of methoxy groups -OCH3 is 1. The number of unbranched alkanes of at least 4 members (excludes halogenated alkanes) is 6. The number of aliphatic hydroxyl groups is 1. The molecule has 0 amide bonds. The molecule has 1 aromatic carbocycles. The molecule has 120 valence electrons. The number of hydrogen-bond donors (Lipinski definition) is 2. The van der Waals surface area contributed by atoms with Crippen LogP contribution in [0.15, 0.2) is 24.3 Å². The van der Waals surface area contributed by atoms with Crippen LogP contribution in [-0.4, -0.2) is 24.9 Å². The van der Waals surface area contributed by atoms with Crippen LogP contribution in [0.2, 0.25) is 0 Å². The number of ether oxygens (including phenoxy) is 1. The Morgan fingerprint density at radius 3 is 2.38 bits per heavy atom. The lowest BCUT2D eigenvalue weighted by molar-refractivity contribution is 0.266. The summed E-state index contributed by atoms with van der Waals surface area (Å²) in [5.74, 6) is 0.829. The molecule has 0 heterocycles. The van der Waals surface area contributed by atoms with E-state index < -0.39 is 0 Å². The van der Waals surface area contributed by atoms with Crippen LogP contribution in [-0.2, 0) is 0 Å². The normalized spacial score (nSPS) is 12.1. The number of nitrogens with one attached hydrogen (secondary N) is 1. The summed E-state index contributed by atoms with van der Waals surface area (Å²) in [7, 11) is 1.67. The van der Waals surface area contributed by atoms with Gasteiger partial charge in [-0.05, 0) is 18.6 Å². The Balaban J connectivity index is 2.25. The van der Waals surface area contributed by atoms with Crippen molar-refractivity contribution >= 4 is 5.69 Å². The Kier molecular flexibility index (Phi) is 9.71. The molecule has 0 saturated carbocycles. The SMILES string of the molecule is CCCCCCCCCC(CO)Nc1ccccc1OC. The van der Waals surface area contributed by atoms with Gasteiger partial charge in [0, 0.05) is 6.04 Å². The minimum atomic E-state index is 0.108. The molecule has 0 spiro atoms. The molecule has 0 saturated heterocycles. The second kappa shape index (κ2) is 11.4. The van der Waals surface area contributed by atoms with Gasteiger partial charge in [-0.2, -0.15) is 0 Å². The predicted molar refractivity (Wildman–Crippen MR) is 90.1 cm³/mol. The van der Waals surface area contributed by atoms with E-state index in [0.29, 0.717) is 0 Å². The number of hydrogen-bond acceptors (Lipinski definition) is 3. The van der Waals surface area contributed by atoms with E-state index >= 15 is 0 Å². The largest absolute Gasteiger partial charge is 0.495 e. The second-order valence-corrected chi connectivity index (χ2v) is 5.63. The van der Waals surface area contributed by atoms with Crippen molar-refractivity contribution in [1.82, 2.24) is 0 Å². The molecule has 0 bridgehead atoms. The smallest absolute Gasteiger partial charge is 0.141 e. The zero-order valence-corrected chi connectivity index (χ0v) is 13.6. The average molecular weight is 293 g/mol. The Hall–Kier alpha value is -1.22. The summed E-state index contributed by atoms with van der Waals surface area (Å²) < 4.78 is 5.33. The summed E-state index contributed by atoms with van der Waals surface area (Å²) in [4.78, 5) is 0. The molecule has 0 radical (unpaired) electrons. The highest BCUT2D eigenvalue weighted by Crippen LogP contribution is 2.24. The topological polar surface area (TPSA) is 41.5 Å². The second-order valence-electron chi connectivity index (χ2n) is 5.63. The van der Waals surface area contributed by atoms with Crippen molar-refractivity contribution in [3.05, 3.63) is 24.3 Å². The van der Waals surface area contributed by atoms with Crippen molar-refractivity contribution in [2.45, 2.75) is 64.3 Å². The highest BCUT2D eigenvalue weighted by Gasteiger charge is 2.09. The maximum atomic E-state index is 9.52. The van der Waals surface area contributed by atoms with E-state index in [-0.39, 0.29) is 12.6 Å². The lowest BCUT2D eigenvalue weighted by atomic mass is 10.1. The highest BCUT2D eigenvalue weighted by molar-refractivity contribution is 5.56. The van der Waals surface area contributed by atoms with Crippen LogP contribution in [0.5, 0.6) is 5.75 Å². The van der Waals surface area contributed by atoms with Gasteiger partial charge in [0.2, 0.25) is 0 Å². The van der Waals surface area contributed by atoms with Crippen LogP contribution in [0, 0.1) is 0 Å².